The Balaban J connectivity index is 0.000000640. The Morgan fingerprint density at radius 3 is 2.78 bits per heavy atom. The molecule has 1 heterocycles. The van der Waals surface area contributed by atoms with Crippen LogP contribution in [-0.4, -0.2) is 42.7 Å². The maximum absolute atomic E-state index is 7.00. The van der Waals surface area contributed by atoms with Gasteiger partial charge in [-0.1, -0.05) is 12.1 Å². The molecule has 0 atom stereocenters. The second-order valence-electron chi connectivity index (χ2n) is 1.41. The van der Waals surface area contributed by atoms with Gasteiger partial charge in [-0.25, -0.2) is 4.98 Å². The summed E-state index contributed by atoms with van der Waals surface area (Å²) in [6.07, 6.45) is 1.60. The first-order valence-corrected chi connectivity index (χ1v) is 2.35. The molecule has 0 aromatic carbocycles. The molecule has 9 heavy (non-hydrogen) atoms. The van der Waals surface area contributed by atoms with Crippen molar-refractivity contribution in [3.8, 4) is 0 Å². The van der Waals surface area contributed by atoms with Gasteiger partial charge in [0.05, 0.1) is 0 Å². The van der Waals surface area contributed by atoms with E-state index in [1.807, 2.05) is 6.07 Å². The third-order valence-corrected chi connectivity index (χ3v) is 0.776. The molecule has 0 bridgehead atoms. The van der Waals surface area contributed by atoms with Crippen molar-refractivity contribution < 1.29 is 0 Å². The summed E-state index contributed by atoms with van der Waals surface area (Å²) < 4.78 is 0. The van der Waals surface area contributed by atoms with Gasteiger partial charge in [-0.15, -0.1) is 0 Å². The first kappa shape index (κ1) is 9.08. The summed E-state index contributed by atoms with van der Waals surface area (Å²) in [6, 6.07) is 7.05. The topological polar surface area (TPSA) is 36.7 Å². The van der Waals surface area contributed by atoms with Crippen LogP contribution in [0, 0.1) is 5.41 Å². The number of nitrogens with one attached hydrogen (secondary N) is 1. The van der Waals surface area contributed by atoms with Gasteiger partial charge in [-0.2, -0.15) is 0 Å². The van der Waals surface area contributed by atoms with E-state index in [0.29, 0.717) is 5.49 Å². The molecule has 0 fully saturated rings. The van der Waals surface area contributed by atoms with Gasteiger partial charge in [0.15, 0.2) is 0 Å². The molecule has 0 aliphatic heterocycles. The summed E-state index contributed by atoms with van der Waals surface area (Å²) in [5.74, 6) is 0. The molecular formula is C6H6CaN2. The minimum absolute atomic E-state index is 0. The van der Waals surface area contributed by atoms with Crippen molar-refractivity contribution in [1.82, 2.24) is 4.98 Å². The Kier molecular flexibility index (Phi) is 4.96. The molecule has 0 aliphatic rings. The van der Waals surface area contributed by atoms with Gasteiger partial charge < -0.3 is 0 Å². The molecule has 0 amide bonds. The molecule has 0 unspecified atom stereocenters. The molecular weight excluding hydrogens is 140 g/mol. The molecule has 2 nitrogen and oxygen atoms in total. The molecule has 1 N–H and O–H groups in total. The number of rotatable bonds is 0. The zero-order valence-corrected chi connectivity index (χ0v) is 7.25. The Labute approximate surface area is 83.5 Å². The van der Waals surface area contributed by atoms with Crippen molar-refractivity contribution in [2.45, 2.75) is 0 Å². The van der Waals surface area contributed by atoms with Crippen LogP contribution in [0.15, 0.2) is 30.5 Å². The monoisotopic (exact) mass is 146 g/mol. The average molecular weight is 146 g/mol. The number of aromatic nitrogens is 1. The van der Waals surface area contributed by atoms with Crippen molar-refractivity contribution >= 4 is 37.7 Å². The summed E-state index contributed by atoms with van der Waals surface area (Å²) in [7, 11) is 0. The number of nitrogens with zero attached hydrogens (tertiary/aromatic N) is 1. The van der Waals surface area contributed by atoms with Gasteiger partial charge in [0.25, 0.3) is 0 Å². The van der Waals surface area contributed by atoms with Gasteiger partial charge in [-0.05, 0) is 12.1 Å². The predicted molar refractivity (Wildman–Crippen MR) is 35.8 cm³/mol. The predicted octanol–water partition coefficient (Wildman–Crippen LogP) is 0.180. The standard InChI is InChI=1S/C6H6N2.Ca/c7-6-4-2-1-3-5-8-6;/h1-5,7H;. The van der Waals surface area contributed by atoms with Gasteiger partial charge in [0.1, 0.15) is 5.49 Å². The number of hydrogen-bond acceptors (Lipinski definition) is 2. The van der Waals surface area contributed by atoms with Crippen molar-refractivity contribution in [2.75, 3.05) is 0 Å². The summed E-state index contributed by atoms with van der Waals surface area (Å²) in [6.45, 7) is 0. The molecule has 1 aromatic heterocycles. The van der Waals surface area contributed by atoms with Crippen LogP contribution in [0.4, 0.5) is 0 Å². The van der Waals surface area contributed by atoms with Crippen molar-refractivity contribution in [2.24, 2.45) is 0 Å². The van der Waals surface area contributed by atoms with Crippen LogP contribution in [0.2, 0.25) is 0 Å². The van der Waals surface area contributed by atoms with Crippen molar-refractivity contribution in [1.29, 1.82) is 5.41 Å². The second-order valence-corrected chi connectivity index (χ2v) is 1.41. The van der Waals surface area contributed by atoms with Crippen LogP contribution < -0.4 is 5.49 Å². The quantitative estimate of drug-likeness (QED) is 0.521. The van der Waals surface area contributed by atoms with Crippen molar-refractivity contribution in [3.05, 3.63) is 36.0 Å². The molecule has 0 saturated heterocycles. The third kappa shape index (κ3) is 3.62. The van der Waals surface area contributed by atoms with E-state index in [-0.39, 0.29) is 37.7 Å². The number of hydrogen-bond donors (Lipinski definition) is 1. The molecule has 1 rings (SSSR count). The molecule has 2 radical (unpaired) electrons. The molecule has 0 saturated carbocycles. The van der Waals surface area contributed by atoms with Crippen LogP contribution >= 0.6 is 0 Å². The van der Waals surface area contributed by atoms with E-state index in [9.17, 15) is 0 Å². The normalized spacial score (nSPS) is 7.56. The molecule has 0 spiro atoms. The zero-order valence-electron chi connectivity index (χ0n) is 5.04. The average Bonchev–Trinajstić information content (AvgIpc) is 1.94. The summed E-state index contributed by atoms with van der Waals surface area (Å²) in [5.41, 5.74) is 0.301. The van der Waals surface area contributed by atoms with E-state index in [0.717, 1.165) is 0 Å². The Morgan fingerprint density at radius 1 is 1.22 bits per heavy atom. The molecule has 3 heteroatoms. The largest absolute Gasteiger partial charge is 0.283 e. The smallest absolute Gasteiger partial charge is 0.144 e. The van der Waals surface area contributed by atoms with Gasteiger partial charge in [0.2, 0.25) is 0 Å². The van der Waals surface area contributed by atoms with Crippen molar-refractivity contribution in [3.63, 3.8) is 0 Å². The van der Waals surface area contributed by atoms with Crippen LogP contribution in [0.3, 0.4) is 0 Å². The Hall–Kier alpha value is 0.0797. The Morgan fingerprint density at radius 2 is 2.00 bits per heavy atom. The molecule has 42 valence electrons. The van der Waals surface area contributed by atoms with Gasteiger partial charge in [-0.3, -0.25) is 5.41 Å². The molecule has 1 aromatic rings. The fourth-order valence-electron chi connectivity index (χ4n) is 0.427. The fraction of sp³-hybridized carbons (Fsp3) is 0. The van der Waals surface area contributed by atoms with Gasteiger partial charge >= 0.3 is 0 Å². The van der Waals surface area contributed by atoms with Crippen LogP contribution in [0.1, 0.15) is 0 Å². The Bertz CT molecular complexity index is 202. The van der Waals surface area contributed by atoms with Crippen LogP contribution in [0.25, 0.3) is 0 Å². The summed E-state index contributed by atoms with van der Waals surface area (Å²) >= 11 is 0. The molecule has 0 aliphatic carbocycles. The summed E-state index contributed by atoms with van der Waals surface area (Å²) in [4.78, 5) is 3.71. The van der Waals surface area contributed by atoms with E-state index in [4.69, 9.17) is 5.41 Å². The van der Waals surface area contributed by atoms with Crippen LogP contribution in [-0.2, 0) is 0 Å². The van der Waals surface area contributed by atoms with E-state index in [1.54, 1.807) is 24.4 Å². The van der Waals surface area contributed by atoms with Gasteiger partial charge in [0, 0.05) is 43.9 Å². The third-order valence-electron chi connectivity index (χ3n) is 0.776. The second kappa shape index (κ2) is 4.91. The maximum atomic E-state index is 7.00. The van der Waals surface area contributed by atoms with E-state index in [1.165, 1.54) is 0 Å². The fourth-order valence-corrected chi connectivity index (χ4v) is 0.427. The summed E-state index contributed by atoms with van der Waals surface area (Å²) in [5, 5.41) is 7.00. The minimum Gasteiger partial charge on any atom is -0.283 e. The van der Waals surface area contributed by atoms with Crippen LogP contribution in [0.5, 0.6) is 0 Å². The first-order chi connectivity index (χ1) is 3.89. The minimum atomic E-state index is 0. The van der Waals surface area contributed by atoms with E-state index < -0.39 is 0 Å². The zero-order chi connectivity index (χ0) is 5.82. The SMILES string of the molecule is N=c1cccccn1.[Ca]. The van der Waals surface area contributed by atoms with E-state index >= 15 is 0 Å². The first-order valence-electron chi connectivity index (χ1n) is 2.35. The van der Waals surface area contributed by atoms with E-state index in [2.05, 4.69) is 4.98 Å². The maximum Gasteiger partial charge on any atom is 0.144 e.